The molecular formula is C18H21N3O2. The first-order valence-electron chi connectivity index (χ1n) is 7.43. The Kier molecular flexibility index (Phi) is 5.36. The number of aryl methyl sites for hydroxylation is 3. The summed E-state index contributed by atoms with van der Waals surface area (Å²) < 4.78 is 0. The number of anilines is 1. The van der Waals surface area contributed by atoms with Gasteiger partial charge in [0, 0.05) is 11.3 Å². The number of hydrogen-bond donors (Lipinski definition) is 3. The zero-order chi connectivity index (χ0) is 16.8. The number of benzene rings is 2. The van der Waals surface area contributed by atoms with E-state index in [0.717, 1.165) is 16.8 Å². The summed E-state index contributed by atoms with van der Waals surface area (Å²) in [7, 11) is 0. The van der Waals surface area contributed by atoms with Crippen LogP contribution in [-0.2, 0) is 4.79 Å². The van der Waals surface area contributed by atoms with Gasteiger partial charge in [0.2, 0.25) is 0 Å². The molecule has 0 fully saturated rings. The smallest absolute Gasteiger partial charge is 0.269 e. The zero-order valence-corrected chi connectivity index (χ0v) is 13.6. The Morgan fingerprint density at radius 3 is 2.35 bits per heavy atom. The monoisotopic (exact) mass is 311 g/mol. The molecule has 5 nitrogen and oxygen atoms in total. The normalized spacial score (nSPS) is 10.0. The van der Waals surface area contributed by atoms with Gasteiger partial charge in [0.05, 0.1) is 6.54 Å². The summed E-state index contributed by atoms with van der Waals surface area (Å²) in [5, 5.41) is 3.05. The molecule has 0 aliphatic rings. The van der Waals surface area contributed by atoms with Crippen molar-refractivity contribution in [3.05, 3.63) is 64.7 Å². The second-order valence-electron chi connectivity index (χ2n) is 5.49. The van der Waals surface area contributed by atoms with E-state index in [2.05, 4.69) is 16.2 Å². The van der Waals surface area contributed by atoms with Crippen LogP contribution in [0.25, 0.3) is 0 Å². The molecule has 0 saturated heterocycles. The summed E-state index contributed by atoms with van der Waals surface area (Å²) in [6.45, 7) is 5.92. The van der Waals surface area contributed by atoms with Crippen molar-refractivity contribution in [1.82, 2.24) is 10.9 Å². The van der Waals surface area contributed by atoms with Gasteiger partial charge >= 0.3 is 0 Å². The summed E-state index contributed by atoms with van der Waals surface area (Å²) >= 11 is 0. The van der Waals surface area contributed by atoms with Gasteiger partial charge < -0.3 is 5.32 Å². The number of hydrogen-bond acceptors (Lipinski definition) is 3. The third-order valence-electron chi connectivity index (χ3n) is 3.53. The van der Waals surface area contributed by atoms with E-state index in [1.54, 1.807) is 12.1 Å². The van der Waals surface area contributed by atoms with Crippen molar-refractivity contribution in [1.29, 1.82) is 0 Å². The van der Waals surface area contributed by atoms with Crippen molar-refractivity contribution < 1.29 is 9.59 Å². The molecule has 0 atom stereocenters. The molecule has 0 aromatic heterocycles. The van der Waals surface area contributed by atoms with Gasteiger partial charge in [-0.1, -0.05) is 35.9 Å². The maximum Gasteiger partial charge on any atom is 0.269 e. The molecule has 5 heteroatoms. The first kappa shape index (κ1) is 16.5. The van der Waals surface area contributed by atoms with Crippen LogP contribution < -0.4 is 16.2 Å². The fourth-order valence-electron chi connectivity index (χ4n) is 2.25. The van der Waals surface area contributed by atoms with Crippen molar-refractivity contribution in [2.75, 3.05) is 11.9 Å². The Hall–Kier alpha value is -2.82. The maximum atomic E-state index is 12.0. The molecule has 0 aliphatic heterocycles. The van der Waals surface area contributed by atoms with Crippen LogP contribution in [0, 0.1) is 20.8 Å². The minimum absolute atomic E-state index is 0.0813. The molecule has 0 saturated carbocycles. The van der Waals surface area contributed by atoms with Crippen LogP contribution in [-0.4, -0.2) is 18.4 Å². The second kappa shape index (κ2) is 7.45. The van der Waals surface area contributed by atoms with Crippen LogP contribution in [0.4, 0.5) is 5.69 Å². The lowest BCUT2D eigenvalue weighted by Gasteiger charge is -2.12. The zero-order valence-electron chi connectivity index (χ0n) is 13.6. The maximum absolute atomic E-state index is 12.0. The predicted molar refractivity (Wildman–Crippen MR) is 91.2 cm³/mol. The summed E-state index contributed by atoms with van der Waals surface area (Å²) in [5.74, 6) is -0.644. The number of carbonyl (C=O) groups excluding carboxylic acids is 2. The Balaban J connectivity index is 1.83. The van der Waals surface area contributed by atoms with Crippen LogP contribution in [0.5, 0.6) is 0 Å². The highest BCUT2D eigenvalue weighted by Crippen LogP contribution is 2.15. The van der Waals surface area contributed by atoms with Gasteiger partial charge in [-0.2, -0.15) is 0 Å². The molecular weight excluding hydrogens is 290 g/mol. The predicted octanol–water partition coefficient (Wildman–Crippen LogP) is 2.48. The van der Waals surface area contributed by atoms with Gasteiger partial charge in [0.1, 0.15) is 0 Å². The van der Waals surface area contributed by atoms with Crippen LogP contribution >= 0.6 is 0 Å². The topological polar surface area (TPSA) is 70.2 Å². The number of rotatable bonds is 4. The second-order valence-corrected chi connectivity index (χ2v) is 5.49. The number of nitrogens with one attached hydrogen (secondary N) is 3. The molecule has 0 bridgehead atoms. The molecule has 2 amide bonds. The fourth-order valence-corrected chi connectivity index (χ4v) is 2.25. The molecule has 0 unspecified atom stereocenters. The van der Waals surface area contributed by atoms with Gasteiger partial charge in [-0.15, -0.1) is 0 Å². The molecule has 3 N–H and O–H groups in total. The fraction of sp³-hybridized carbons (Fsp3) is 0.222. The van der Waals surface area contributed by atoms with E-state index < -0.39 is 0 Å². The first-order chi connectivity index (χ1) is 11.0. The van der Waals surface area contributed by atoms with Crippen molar-refractivity contribution in [2.24, 2.45) is 0 Å². The van der Waals surface area contributed by atoms with Gasteiger partial charge in [0.25, 0.3) is 11.8 Å². The standard InChI is InChI=1S/C18H21N3O2/c1-12-8-9-16(14(3)10-12)19-11-17(22)20-21-18(23)15-7-5-4-6-13(15)2/h4-10,19H,11H2,1-3H3,(H,20,22)(H,21,23). The number of hydrazine groups is 1. The molecule has 0 aliphatic carbocycles. The minimum Gasteiger partial charge on any atom is -0.376 e. The Bertz CT molecular complexity index is 726. The van der Waals surface area contributed by atoms with Gasteiger partial charge in [0.15, 0.2) is 0 Å². The molecule has 0 radical (unpaired) electrons. The van der Waals surface area contributed by atoms with E-state index in [9.17, 15) is 9.59 Å². The summed E-state index contributed by atoms with van der Waals surface area (Å²) in [5.41, 5.74) is 9.36. The molecule has 2 rings (SSSR count). The lowest BCUT2D eigenvalue weighted by atomic mass is 10.1. The van der Waals surface area contributed by atoms with Gasteiger partial charge in [-0.05, 0) is 44.0 Å². The minimum atomic E-state index is -0.331. The van der Waals surface area contributed by atoms with E-state index in [0.29, 0.717) is 5.56 Å². The van der Waals surface area contributed by atoms with Crippen molar-refractivity contribution in [3.8, 4) is 0 Å². The van der Waals surface area contributed by atoms with Crippen LogP contribution in [0.15, 0.2) is 42.5 Å². The Morgan fingerprint density at radius 1 is 0.913 bits per heavy atom. The third-order valence-corrected chi connectivity index (χ3v) is 3.53. The largest absolute Gasteiger partial charge is 0.376 e. The quantitative estimate of drug-likeness (QED) is 0.760. The van der Waals surface area contributed by atoms with Gasteiger partial charge in [-0.25, -0.2) is 0 Å². The van der Waals surface area contributed by atoms with E-state index in [1.807, 2.05) is 51.1 Å². The summed E-state index contributed by atoms with van der Waals surface area (Å²) in [4.78, 5) is 23.8. The number of amides is 2. The lowest BCUT2D eigenvalue weighted by molar-refractivity contribution is -0.120. The van der Waals surface area contributed by atoms with Crippen molar-refractivity contribution >= 4 is 17.5 Å². The molecule has 0 spiro atoms. The van der Waals surface area contributed by atoms with Gasteiger partial charge in [-0.3, -0.25) is 20.4 Å². The summed E-state index contributed by atoms with van der Waals surface area (Å²) in [6, 6.07) is 13.2. The Labute approximate surface area is 136 Å². The molecule has 0 heterocycles. The molecule has 23 heavy (non-hydrogen) atoms. The third kappa shape index (κ3) is 4.57. The SMILES string of the molecule is Cc1ccc(NCC(=O)NNC(=O)c2ccccc2C)c(C)c1. The lowest BCUT2D eigenvalue weighted by Crippen LogP contribution is -2.44. The van der Waals surface area contributed by atoms with Crippen molar-refractivity contribution in [2.45, 2.75) is 20.8 Å². The van der Waals surface area contributed by atoms with E-state index in [-0.39, 0.29) is 18.4 Å². The average molecular weight is 311 g/mol. The van der Waals surface area contributed by atoms with E-state index in [1.165, 1.54) is 5.56 Å². The average Bonchev–Trinajstić information content (AvgIpc) is 2.52. The Morgan fingerprint density at radius 2 is 1.65 bits per heavy atom. The molecule has 2 aromatic carbocycles. The highest BCUT2D eigenvalue weighted by molar-refractivity contribution is 5.96. The van der Waals surface area contributed by atoms with Crippen LogP contribution in [0.3, 0.4) is 0 Å². The number of carbonyl (C=O) groups is 2. The van der Waals surface area contributed by atoms with Crippen molar-refractivity contribution in [3.63, 3.8) is 0 Å². The first-order valence-corrected chi connectivity index (χ1v) is 7.43. The molecule has 120 valence electrons. The highest BCUT2D eigenvalue weighted by atomic mass is 16.2. The van der Waals surface area contributed by atoms with E-state index >= 15 is 0 Å². The molecule has 2 aromatic rings. The summed E-state index contributed by atoms with van der Waals surface area (Å²) in [6.07, 6.45) is 0. The van der Waals surface area contributed by atoms with Crippen LogP contribution in [0.1, 0.15) is 27.0 Å². The highest BCUT2D eigenvalue weighted by Gasteiger charge is 2.09. The van der Waals surface area contributed by atoms with Crippen LogP contribution in [0.2, 0.25) is 0 Å². The van der Waals surface area contributed by atoms with E-state index in [4.69, 9.17) is 0 Å².